The number of hydrogen-bond acceptors (Lipinski definition) is 4. The van der Waals surface area contributed by atoms with Crippen LogP contribution in [0, 0.1) is 0 Å². The monoisotopic (exact) mass is 409 g/mol. The van der Waals surface area contributed by atoms with E-state index in [-0.39, 0.29) is 24.1 Å². The smallest absolute Gasteiger partial charge is 0.262 e. The van der Waals surface area contributed by atoms with Gasteiger partial charge in [0.15, 0.2) is 0 Å². The quantitative estimate of drug-likeness (QED) is 0.595. The highest BCUT2D eigenvalue weighted by Crippen LogP contribution is 2.32. The molecule has 0 fully saturated rings. The van der Waals surface area contributed by atoms with Crippen molar-refractivity contribution in [2.45, 2.75) is 65.1 Å². The second-order valence-electron chi connectivity index (χ2n) is 8.02. The van der Waals surface area contributed by atoms with Crippen LogP contribution in [0.4, 0.5) is 0 Å². The van der Waals surface area contributed by atoms with E-state index in [1.807, 2.05) is 49.1 Å². The molecule has 0 saturated carbocycles. The highest BCUT2D eigenvalue weighted by atomic mass is 32.1. The van der Waals surface area contributed by atoms with Crippen molar-refractivity contribution in [1.82, 2.24) is 14.5 Å². The summed E-state index contributed by atoms with van der Waals surface area (Å²) in [7, 11) is 0. The van der Waals surface area contributed by atoms with Gasteiger partial charge in [0, 0.05) is 17.5 Å². The van der Waals surface area contributed by atoms with Crippen molar-refractivity contribution >= 4 is 27.5 Å². The lowest BCUT2D eigenvalue weighted by Crippen LogP contribution is -2.40. The van der Waals surface area contributed by atoms with Gasteiger partial charge in [-0.15, -0.1) is 11.3 Å². The van der Waals surface area contributed by atoms with E-state index in [0.717, 1.165) is 35.0 Å². The van der Waals surface area contributed by atoms with Gasteiger partial charge in [0.1, 0.15) is 11.4 Å². The Hall–Kier alpha value is -2.47. The maximum atomic E-state index is 13.2. The molecule has 2 heterocycles. The van der Waals surface area contributed by atoms with E-state index in [0.29, 0.717) is 6.54 Å². The zero-order chi connectivity index (χ0) is 20.4. The van der Waals surface area contributed by atoms with Gasteiger partial charge < -0.3 is 4.90 Å². The van der Waals surface area contributed by atoms with Gasteiger partial charge >= 0.3 is 0 Å². The van der Waals surface area contributed by atoms with Crippen LogP contribution in [0.25, 0.3) is 10.2 Å². The summed E-state index contributed by atoms with van der Waals surface area (Å²) in [4.78, 5) is 34.8. The van der Waals surface area contributed by atoms with E-state index in [1.54, 1.807) is 17.7 Å². The van der Waals surface area contributed by atoms with Crippen LogP contribution in [0.15, 0.2) is 41.5 Å². The molecular formula is C23H27N3O2S. The van der Waals surface area contributed by atoms with Crippen molar-refractivity contribution in [2.24, 2.45) is 0 Å². The third-order valence-corrected chi connectivity index (χ3v) is 6.84. The number of benzene rings is 1. The summed E-state index contributed by atoms with van der Waals surface area (Å²) in [6, 6.07) is 10.0. The molecule has 5 nitrogen and oxygen atoms in total. The second-order valence-corrected chi connectivity index (χ2v) is 9.11. The number of carbonyl (C=O) groups excluding carboxylic acids is 1. The van der Waals surface area contributed by atoms with Gasteiger partial charge in [-0.3, -0.25) is 14.2 Å². The Kier molecular flexibility index (Phi) is 5.81. The minimum Gasteiger partial charge on any atom is -0.334 e. The van der Waals surface area contributed by atoms with Crippen molar-refractivity contribution in [3.8, 4) is 0 Å². The van der Waals surface area contributed by atoms with E-state index in [2.05, 4.69) is 4.98 Å². The van der Waals surface area contributed by atoms with Crippen LogP contribution in [0.3, 0.4) is 0 Å². The molecular weight excluding hydrogens is 382 g/mol. The van der Waals surface area contributed by atoms with Gasteiger partial charge in [-0.1, -0.05) is 36.8 Å². The molecule has 0 bridgehead atoms. The van der Waals surface area contributed by atoms with Crippen LogP contribution >= 0.6 is 11.3 Å². The van der Waals surface area contributed by atoms with Crippen molar-refractivity contribution in [2.75, 3.05) is 0 Å². The van der Waals surface area contributed by atoms with Gasteiger partial charge in [-0.25, -0.2) is 4.98 Å². The summed E-state index contributed by atoms with van der Waals surface area (Å²) in [5, 5.41) is 0.737. The lowest BCUT2D eigenvalue weighted by atomic mass is 10.1. The number of hydrogen-bond donors (Lipinski definition) is 0. The number of aryl methyl sites for hydroxylation is 2. The summed E-state index contributed by atoms with van der Waals surface area (Å²) in [5.74, 6) is -0.0616. The number of amides is 1. The maximum absolute atomic E-state index is 13.2. The van der Waals surface area contributed by atoms with Crippen molar-refractivity contribution < 1.29 is 4.79 Å². The molecule has 3 aromatic rings. The SMILES string of the molecule is CC(C)N(Cc1ccccc1)C(=O)Cn1cnc2sc3c(c2c1=O)CCCCC3. The molecule has 1 amide bonds. The average molecular weight is 410 g/mol. The number of carbonyl (C=O) groups is 1. The molecule has 0 unspecified atom stereocenters. The molecule has 152 valence electrons. The molecule has 0 atom stereocenters. The molecule has 4 rings (SSSR count). The van der Waals surface area contributed by atoms with Crippen LogP contribution in [0.1, 0.15) is 49.1 Å². The Morgan fingerprint density at radius 2 is 1.93 bits per heavy atom. The van der Waals surface area contributed by atoms with E-state index in [1.165, 1.54) is 27.8 Å². The van der Waals surface area contributed by atoms with Gasteiger partial charge in [-0.2, -0.15) is 0 Å². The first-order valence-electron chi connectivity index (χ1n) is 10.4. The average Bonchev–Trinajstić information content (AvgIpc) is 2.91. The summed E-state index contributed by atoms with van der Waals surface area (Å²) in [6.45, 7) is 4.57. The second kappa shape index (κ2) is 8.49. The molecule has 1 aliphatic rings. The molecule has 0 aliphatic heterocycles. The highest BCUT2D eigenvalue weighted by molar-refractivity contribution is 7.18. The fraction of sp³-hybridized carbons (Fsp3) is 0.435. The topological polar surface area (TPSA) is 55.2 Å². The molecule has 0 spiro atoms. The van der Waals surface area contributed by atoms with Gasteiger partial charge in [0.05, 0.1) is 11.7 Å². The highest BCUT2D eigenvalue weighted by Gasteiger charge is 2.22. The predicted molar refractivity (Wildman–Crippen MR) is 117 cm³/mol. The summed E-state index contributed by atoms with van der Waals surface area (Å²) >= 11 is 1.65. The third-order valence-electron chi connectivity index (χ3n) is 5.64. The largest absolute Gasteiger partial charge is 0.334 e. The number of aromatic nitrogens is 2. The number of thiophene rings is 1. The minimum atomic E-state index is -0.0776. The fourth-order valence-electron chi connectivity index (χ4n) is 4.05. The molecule has 0 N–H and O–H groups in total. The lowest BCUT2D eigenvalue weighted by Gasteiger charge is -2.27. The van der Waals surface area contributed by atoms with E-state index < -0.39 is 0 Å². The predicted octanol–water partition coefficient (Wildman–Crippen LogP) is 4.16. The fourth-order valence-corrected chi connectivity index (χ4v) is 5.27. The van der Waals surface area contributed by atoms with Gasteiger partial charge in [-0.05, 0) is 50.7 Å². The molecule has 1 aliphatic carbocycles. The van der Waals surface area contributed by atoms with E-state index in [9.17, 15) is 9.59 Å². The van der Waals surface area contributed by atoms with Crippen molar-refractivity contribution in [1.29, 1.82) is 0 Å². The summed E-state index contributed by atoms with van der Waals surface area (Å²) in [5.41, 5.74) is 2.18. The van der Waals surface area contributed by atoms with Gasteiger partial charge in [0.2, 0.25) is 5.91 Å². The Morgan fingerprint density at radius 1 is 1.17 bits per heavy atom. The first kappa shape index (κ1) is 19.8. The van der Waals surface area contributed by atoms with Crippen LogP contribution in [-0.2, 0) is 30.7 Å². The van der Waals surface area contributed by atoms with Crippen LogP contribution in [0.5, 0.6) is 0 Å². The zero-order valence-electron chi connectivity index (χ0n) is 17.1. The number of rotatable bonds is 5. The van der Waals surface area contributed by atoms with Crippen molar-refractivity contribution in [3.05, 3.63) is 63.0 Å². The van der Waals surface area contributed by atoms with Crippen LogP contribution < -0.4 is 5.56 Å². The molecule has 0 saturated heterocycles. The Labute approximate surface area is 175 Å². The first-order chi connectivity index (χ1) is 14.0. The van der Waals surface area contributed by atoms with E-state index >= 15 is 0 Å². The zero-order valence-corrected chi connectivity index (χ0v) is 17.9. The van der Waals surface area contributed by atoms with Gasteiger partial charge in [0.25, 0.3) is 5.56 Å². The minimum absolute atomic E-state index is 0.0252. The van der Waals surface area contributed by atoms with Crippen LogP contribution in [-0.4, -0.2) is 26.4 Å². The van der Waals surface area contributed by atoms with Crippen molar-refractivity contribution in [3.63, 3.8) is 0 Å². The van der Waals surface area contributed by atoms with Crippen LogP contribution in [0.2, 0.25) is 0 Å². The molecule has 6 heteroatoms. The number of nitrogens with zero attached hydrogens (tertiary/aromatic N) is 3. The summed E-state index contributed by atoms with van der Waals surface area (Å²) in [6.07, 6.45) is 7.01. The van der Waals surface area contributed by atoms with E-state index in [4.69, 9.17) is 0 Å². The first-order valence-corrected chi connectivity index (χ1v) is 11.2. The summed E-state index contributed by atoms with van der Waals surface area (Å²) < 4.78 is 1.49. The molecule has 2 aromatic heterocycles. The molecule has 0 radical (unpaired) electrons. The Morgan fingerprint density at radius 3 is 2.69 bits per heavy atom. The molecule has 29 heavy (non-hydrogen) atoms. The number of fused-ring (bicyclic) bond motifs is 3. The third kappa shape index (κ3) is 4.13. The standard InChI is InChI=1S/C23H27N3O2S/c1-16(2)26(13-17-9-5-3-6-10-17)20(27)14-25-15-24-22-21(23(25)28)18-11-7-4-8-12-19(18)29-22/h3,5-6,9-10,15-16H,4,7-8,11-14H2,1-2H3. The lowest BCUT2D eigenvalue weighted by molar-refractivity contribution is -0.134. The normalized spacial score (nSPS) is 14.0. The molecule has 1 aromatic carbocycles. The maximum Gasteiger partial charge on any atom is 0.262 e. The Balaban J connectivity index is 1.62. The Bertz CT molecular complexity index is 1070.